The standard InChI is InChI=1S/C12H22N2/c1-4-7-13-8-9-14(10-11(2)3)12-5-6-12/h1,11-13H,5-10H2,2-3H3. The van der Waals surface area contributed by atoms with Gasteiger partial charge < -0.3 is 5.32 Å². The number of hydrogen-bond acceptors (Lipinski definition) is 2. The molecule has 0 radical (unpaired) electrons. The van der Waals surface area contributed by atoms with Gasteiger partial charge in [-0.1, -0.05) is 19.8 Å². The van der Waals surface area contributed by atoms with Gasteiger partial charge in [-0.15, -0.1) is 6.42 Å². The largest absolute Gasteiger partial charge is 0.305 e. The zero-order valence-corrected chi connectivity index (χ0v) is 9.42. The van der Waals surface area contributed by atoms with Crippen molar-refractivity contribution in [2.45, 2.75) is 32.7 Å². The third-order valence-corrected chi connectivity index (χ3v) is 2.47. The summed E-state index contributed by atoms with van der Waals surface area (Å²) in [4.78, 5) is 2.59. The molecule has 1 N–H and O–H groups in total. The van der Waals surface area contributed by atoms with Gasteiger partial charge in [-0.05, 0) is 18.8 Å². The van der Waals surface area contributed by atoms with E-state index in [4.69, 9.17) is 6.42 Å². The molecule has 1 fully saturated rings. The summed E-state index contributed by atoms with van der Waals surface area (Å²) in [5.74, 6) is 3.36. The van der Waals surface area contributed by atoms with E-state index >= 15 is 0 Å². The molecule has 0 unspecified atom stereocenters. The Morgan fingerprint density at radius 3 is 2.71 bits per heavy atom. The van der Waals surface area contributed by atoms with Crippen molar-refractivity contribution < 1.29 is 0 Å². The summed E-state index contributed by atoms with van der Waals surface area (Å²) in [6.07, 6.45) is 7.95. The number of hydrogen-bond donors (Lipinski definition) is 1. The van der Waals surface area contributed by atoms with E-state index in [2.05, 4.69) is 30.0 Å². The van der Waals surface area contributed by atoms with Crippen LogP contribution in [-0.2, 0) is 0 Å². The molecule has 2 nitrogen and oxygen atoms in total. The summed E-state index contributed by atoms with van der Waals surface area (Å²) in [5, 5.41) is 3.24. The number of rotatable bonds is 7. The average molecular weight is 194 g/mol. The molecular formula is C12H22N2. The molecule has 1 rings (SSSR count). The number of nitrogens with one attached hydrogen (secondary N) is 1. The molecule has 0 saturated heterocycles. The van der Waals surface area contributed by atoms with Crippen molar-refractivity contribution >= 4 is 0 Å². The van der Waals surface area contributed by atoms with Crippen molar-refractivity contribution in [3.8, 4) is 12.3 Å². The first-order valence-electron chi connectivity index (χ1n) is 5.62. The van der Waals surface area contributed by atoms with Crippen molar-refractivity contribution in [3.63, 3.8) is 0 Å². The van der Waals surface area contributed by atoms with Gasteiger partial charge in [0.2, 0.25) is 0 Å². The molecular weight excluding hydrogens is 172 g/mol. The smallest absolute Gasteiger partial charge is 0.0574 e. The second-order valence-corrected chi connectivity index (χ2v) is 4.50. The van der Waals surface area contributed by atoms with E-state index in [0.717, 1.165) is 25.0 Å². The predicted molar refractivity (Wildman–Crippen MR) is 61.1 cm³/mol. The highest BCUT2D eigenvalue weighted by molar-refractivity contribution is 4.88. The summed E-state index contributed by atoms with van der Waals surface area (Å²) < 4.78 is 0. The lowest BCUT2D eigenvalue weighted by Gasteiger charge is -2.23. The van der Waals surface area contributed by atoms with E-state index in [1.807, 2.05) is 0 Å². The van der Waals surface area contributed by atoms with E-state index in [9.17, 15) is 0 Å². The summed E-state index contributed by atoms with van der Waals surface area (Å²) in [7, 11) is 0. The van der Waals surface area contributed by atoms with Crippen LogP contribution in [0.5, 0.6) is 0 Å². The quantitative estimate of drug-likeness (QED) is 0.486. The SMILES string of the molecule is C#CCNCCN(CC(C)C)C1CC1. The fraction of sp³-hybridized carbons (Fsp3) is 0.833. The van der Waals surface area contributed by atoms with Crippen molar-refractivity contribution in [1.82, 2.24) is 10.2 Å². The Morgan fingerprint density at radius 1 is 1.50 bits per heavy atom. The molecule has 1 aliphatic rings. The molecule has 1 aliphatic carbocycles. The first-order valence-corrected chi connectivity index (χ1v) is 5.62. The first kappa shape index (κ1) is 11.6. The average Bonchev–Trinajstić information content (AvgIpc) is 2.92. The lowest BCUT2D eigenvalue weighted by atomic mass is 10.2. The minimum atomic E-state index is 0.695. The summed E-state index contributed by atoms with van der Waals surface area (Å²) in [6, 6.07) is 0.866. The third-order valence-electron chi connectivity index (χ3n) is 2.47. The summed E-state index contributed by atoms with van der Waals surface area (Å²) >= 11 is 0. The first-order chi connectivity index (χ1) is 6.74. The van der Waals surface area contributed by atoms with E-state index in [-0.39, 0.29) is 0 Å². The second kappa shape index (κ2) is 6.06. The van der Waals surface area contributed by atoms with E-state index in [1.165, 1.54) is 19.4 Å². The Morgan fingerprint density at radius 2 is 2.21 bits per heavy atom. The molecule has 0 aromatic rings. The van der Waals surface area contributed by atoms with Crippen LogP contribution in [0.3, 0.4) is 0 Å². The Kier molecular flexibility index (Phi) is 5.00. The molecule has 0 aromatic carbocycles. The Hall–Kier alpha value is -0.520. The predicted octanol–water partition coefficient (Wildman–Crippen LogP) is 1.33. The molecule has 0 amide bonds. The van der Waals surface area contributed by atoms with Gasteiger partial charge in [0, 0.05) is 25.7 Å². The lowest BCUT2D eigenvalue weighted by Crippen LogP contribution is -2.36. The maximum Gasteiger partial charge on any atom is 0.0574 e. The van der Waals surface area contributed by atoms with Crippen LogP contribution in [0, 0.1) is 18.3 Å². The number of terminal acetylenes is 1. The van der Waals surface area contributed by atoms with Crippen molar-refractivity contribution in [2.24, 2.45) is 5.92 Å². The third kappa shape index (κ3) is 4.64. The molecule has 0 aromatic heterocycles. The molecule has 0 spiro atoms. The van der Waals surface area contributed by atoms with Crippen LogP contribution in [0.25, 0.3) is 0 Å². The minimum Gasteiger partial charge on any atom is -0.305 e. The van der Waals surface area contributed by atoms with Crippen molar-refractivity contribution in [3.05, 3.63) is 0 Å². The molecule has 1 saturated carbocycles. The molecule has 0 heterocycles. The monoisotopic (exact) mass is 194 g/mol. The molecule has 80 valence electrons. The molecule has 0 aliphatic heterocycles. The lowest BCUT2D eigenvalue weighted by molar-refractivity contribution is 0.235. The van der Waals surface area contributed by atoms with Gasteiger partial charge in [0.25, 0.3) is 0 Å². The van der Waals surface area contributed by atoms with Crippen molar-refractivity contribution in [2.75, 3.05) is 26.2 Å². The molecule has 2 heteroatoms. The van der Waals surface area contributed by atoms with Crippen LogP contribution in [0.15, 0.2) is 0 Å². The topological polar surface area (TPSA) is 15.3 Å². The van der Waals surface area contributed by atoms with Crippen LogP contribution < -0.4 is 5.32 Å². The normalized spacial score (nSPS) is 16.2. The fourth-order valence-corrected chi connectivity index (χ4v) is 1.71. The maximum absolute atomic E-state index is 5.17. The van der Waals surface area contributed by atoms with Crippen LogP contribution in [-0.4, -0.2) is 37.1 Å². The molecule has 0 atom stereocenters. The highest BCUT2D eigenvalue weighted by Crippen LogP contribution is 2.26. The molecule has 14 heavy (non-hydrogen) atoms. The van der Waals surface area contributed by atoms with Gasteiger partial charge in [-0.25, -0.2) is 0 Å². The Labute approximate surface area is 88.1 Å². The van der Waals surface area contributed by atoms with Crippen molar-refractivity contribution in [1.29, 1.82) is 0 Å². The zero-order chi connectivity index (χ0) is 10.4. The highest BCUT2D eigenvalue weighted by Gasteiger charge is 2.28. The van der Waals surface area contributed by atoms with Crippen LogP contribution >= 0.6 is 0 Å². The van der Waals surface area contributed by atoms with E-state index < -0.39 is 0 Å². The van der Waals surface area contributed by atoms with Gasteiger partial charge in [-0.2, -0.15) is 0 Å². The highest BCUT2D eigenvalue weighted by atomic mass is 15.2. The second-order valence-electron chi connectivity index (χ2n) is 4.50. The van der Waals surface area contributed by atoms with Gasteiger partial charge in [0.05, 0.1) is 6.54 Å². The summed E-state index contributed by atoms with van der Waals surface area (Å²) in [6.45, 7) is 8.65. The number of nitrogens with zero attached hydrogens (tertiary/aromatic N) is 1. The maximum atomic E-state index is 5.17. The molecule has 0 bridgehead atoms. The van der Waals surface area contributed by atoms with Gasteiger partial charge in [0.1, 0.15) is 0 Å². The fourth-order valence-electron chi connectivity index (χ4n) is 1.71. The Bertz CT molecular complexity index is 189. The van der Waals surface area contributed by atoms with Gasteiger partial charge in [0.15, 0.2) is 0 Å². The summed E-state index contributed by atoms with van der Waals surface area (Å²) in [5.41, 5.74) is 0. The van der Waals surface area contributed by atoms with Crippen LogP contribution in [0.2, 0.25) is 0 Å². The Balaban J connectivity index is 2.12. The minimum absolute atomic E-state index is 0.695. The van der Waals surface area contributed by atoms with Gasteiger partial charge in [-0.3, -0.25) is 4.90 Å². The zero-order valence-electron chi connectivity index (χ0n) is 9.42. The van der Waals surface area contributed by atoms with Gasteiger partial charge >= 0.3 is 0 Å². The van der Waals surface area contributed by atoms with E-state index in [1.54, 1.807) is 0 Å². The van der Waals surface area contributed by atoms with E-state index in [0.29, 0.717) is 6.54 Å². The van der Waals surface area contributed by atoms with Crippen LogP contribution in [0.1, 0.15) is 26.7 Å². The van der Waals surface area contributed by atoms with Crippen LogP contribution in [0.4, 0.5) is 0 Å².